The number of aromatic amines is 1. The average Bonchev–Trinajstić information content (AvgIpc) is 3.89. The third-order valence-electron chi connectivity index (χ3n) is 8.77. The lowest BCUT2D eigenvalue weighted by Gasteiger charge is -2.30. The SMILES string of the molecule is CC(C)(COP(=O)(O)OP(=O)(O)OC[C@H]1O[C@@H](n2cnc3c(N)ncnc32)[C@H](O)[C@@H]1OP(=O)(O)O)[C@@H](O)C(=O)NCCC(=O)NCCSC(=O)/C=C/c1c[nH]c2ccccc12. The second kappa shape index (κ2) is 20.1. The van der Waals surface area contributed by atoms with Gasteiger partial charge in [-0.15, -0.1) is 0 Å². The lowest BCUT2D eigenvalue weighted by molar-refractivity contribution is -0.137. The Morgan fingerprint density at radius 2 is 1.79 bits per heavy atom. The molecule has 1 aromatic carbocycles. The van der Waals surface area contributed by atoms with Crippen molar-refractivity contribution in [1.29, 1.82) is 0 Å². The summed E-state index contributed by atoms with van der Waals surface area (Å²) in [6.07, 6.45) is -2.05. The van der Waals surface area contributed by atoms with E-state index in [0.29, 0.717) is 0 Å². The van der Waals surface area contributed by atoms with Crippen LogP contribution in [0, 0.1) is 5.41 Å². The first-order chi connectivity index (χ1) is 28.6. The monoisotopic (exact) mass is 936 g/mol. The molecule has 2 amide bonds. The number of hydrogen-bond acceptors (Lipinski definition) is 18. The molecule has 4 heterocycles. The molecule has 7 atom stereocenters. The normalized spacial score (nSPS) is 21.0. The largest absolute Gasteiger partial charge is 0.481 e. The molecule has 3 aromatic heterocycles. The van der Waals surface area contributed by atoms with E-state index >= 15 is 0 Å². The number of anilines is 1. The van der Waals surface area contributed by atoms with Gasteiger partial charge in [-0.1, -0.05) is 43.8 Å². The van der Waals surface area contributed by atoms with Crippen molar-refractivity contribution in [3.63, 3.8) is 0 Å². The van der Waals surface area contributed by atoms with Gasteiger partial charge in [-0.05, 0) is 23.8 Å². The van der Waals surface area contributed by atoms with Crippen molar-refractivity contribution in [2.45, 2.75) is 50.9 Å². The number of carbonyl (C=O) groups excluding carboxylic acids is 3. The molecule has 0 aliphatic carbocycles. The minimum Gasteiger partial charge on any atom is -0.386 e. The number of nitrogens with one attached hydrogen (secondary N) is 3. The summed E-state index contributed by atoms with van der Waals surface area (Å²) < 4.78 is 62.3. The molecule has 0 radical (unpaired) electrons. The number of imidazole rings is 1. The number of carbonyl (C=O) groups is 3. The quantitative estimate of drug-likeness (QED) is 0.0314. The third-order valence-corrected chi connectivity index (χ3v) is 12.7. The van der Waals surface area contributed by atoms with Crippen LogP contribution < -0.4 is 16.4 Å². The van der Waals surface area contributed by atoms with E-state index in [1.165, 1.54) is 19.9 Å². The number of aromatic nitrogens is 5. The number of nitrogens with zero attached hydrogens (tertiary/aromatic N) is 4. The number of hydrogen-bond donors (Lipinski definition) is 10. The second-order valence-electron chi connectivity index (χ2n) is 13.9. The van der Waals surface area contributed by atoms with Crippen LogP contribution in [-0.4, -0.2) is 128 Å². The Morgan fingerprint density at radius 3 is 2.52 bits per heavy atom. The van der Waals surface area contributed by atoms with Crippen LogP contribution in [-0.2, 0) is 50.7 Å². The van der Waals surface area contributed by atoms with Crippen LogP contribution in [0.4, 0.5) is 5.82 Å². The van der Waals surface area contributed by atoms with E-state index < -0.39 is 84.6 Å². The highest BCUT2D eigenvalue weighted by Gasteiger charge is 2.50. The van der Waals surface area contributed by atoms with E-state index in [-0.39, 0.29) is 47.4 Å². The summed E-state index contributed by atoms with van der Waals surface area (Å²) in [5.74, 6) is -1.21. The highest BCUT2D eigenvalue weighted by Crippen LogP contribution is 2.61. The summed E-state index contributed by atoms with van der Waals surface area (Å²) in [5.41, 5.74) is 6.04. The van der Waals surface area contributed by atoms with Crippen molar-refractivity contribution in [3.8, 4) is 0 Å². The smallest absolute Gasteiger partial charge is 0.386 e. The van der Waals surface area contributed by atoms with Crippen LogP contribution in [0.25, 0.3) is 28.1 Å². The van der Waals surface area contributed by atoms with Crippen LogP contribution in [0.2, 0.25) is 0 Å². The Hall–Kier alpha value is -3.94. The fourth-order valence-corrected chi connectivity index (χ4v) is 9.12. The number of phosphoric ester groups is 3. The van der Waals surface area contributed by atoms with Crippen molar-refractivity contribution >= 4 is 86.1 Å². The number of rotatable bonds is 21. The lowest BCUT2D eigenvalue weighted by Crippen LogP contribution is -2.46. The number of benzene rings is 1. The number of H-pyrrole nitrogens is 1. The zero-order valence-corrected chi connectivity index (χ0v) is 35.6. The topological polar surface area (TPSA) is 379 Å². The van der Waals surface area contributed by atoms with E-state index in [1.54, 1.807) is 12.3 Å². The van der Waals surface area contributed by atoms with E-state index in [0.717, 1.165) is 45.5 Å². The molecule has 334 valence electrons. The van der Waals surface area contributed by atoms with Gasteiger partial charge in [0.05, 0.1) is 19.5 Å². The predicted octanol–water partition coefficient (Wildman–Crippen LogP) is 0.859. The van der Waals surface area contributed by atoms with Gasteiger partial charge in [-0.25, -0.2) is 28.6 Å². The van der Waals surface area contributed by atoms with Crippen molar-refractivity contribution in [3.05, 3.63) is 54.8 Å². The number of phosphoric acid groups is 3. The zero-order chi connectivity index (χ0) is 44.8. The fraction of sp³-hybridized carbons (Fsp3) is 0.438. The maximum absolute atomic E-state index is 12.7. The summed E-state index contributed by atoms with van der Waals surface area (Å²) >= 11 is 1.00. The molecular weight excluding hydrogens is 893 g/mol. The van der Waals surface area contributed by atoms with Crippen LogP contribution in [0.15, 0.2) is 49.2 Å². The van der Waals surface area contributed by atoms with Crippen molar-refractivity contribution in [2.24, 2.45) is 5.41 Å². The molecule has 29 heteroatoms. The summed E-state index contributed by atoms with van der Waals surface area (Å²) in [4.78, 5) is 91.3. The first-order valence-corrected chi connectivity index (χ1v) is 23.4. The number of thioether (sulfide) groups is 1. The van der Waals surface area contributed by atoms with E-state index in [4.69, 9.17) is 19.5 Å². The zero-order valence-electron chi connectivity index (χ0n) is 32.1. The predicted molar refractivity (Wildman–Crippen MR) is 214 cm³/mol. The first-order valence-electron chi connectivity index (χ1n) is 17.9. The molecule has 4 aromatic rings. The number of nitrogen functional groups attached to an aromatic ring is 1. The van der Waals surface area contributed by atoms with Gasteiger partial charge >= 0.3 is 23.5 Å². The van der Waals surface area contributed by atoms with Gasteiger partial charge in [0.25, 0.3) is 0 Å². The fourth-order valence-electron chi connectivity index (χ4n) is 5.72. The highest BCUT2D eigenvalue weighted by atomic mass is 32.2. The van der Waals surface area contributed by atoms with Gasteiger partial charge in [0.2, 0.25) is 16.9 Å². The van der Waals surface area contributed by atoms with E-state index in [2.05, 4.69) is 39.4 Å². The molecular formula is C32H43N8O17P3S. The van der Waals surface area contributed by atoms with Crippen LogP contribution in [0.3, 0.4) is 0 Å². The molecule has 0 bridgehead atoms. The van der Waals surface area contributed by atoms with Crippen LogP contribution >= 0.6 is 35.2 Å². The second-order valence-corrected chi connectivity index (χ2v) is 19.2. The molecule has 2 unspecified atom stereocenters. The van der Waals surface area contributed by atoms with Gasteiger partial charge in [-0.3, -0.25) is 32.5 Å². The van der Waals surface area contributed by atoms with E-state index in [1.807, 2.05) is 24.3 Å². The van der Waals surface area contributed by atoms with E-state index in [9.17, 15) is 57.9 Å². The number of fused-ring (bicyclic) bond motifs is 2. The van der Waals surface area contributed by atoms with Crippen LogP contribution in [0.1, 0.15) is 32.1 Å². The Labute approximate surface area is 349 Å². The maximum Gasteiger partial charge on any atom is 0.481 e. The molecule has 5 rings (SSSR count). The number of amides is 2. The van der Waals surface area contributed by atoms with Gasteiger partial charge in [-0.2, -0.15) is 4.31 Å². The molecule has 11 N–H and O–H groups in total. The summed E-state index contributed by atoms with van der Waals surface area (Å²) in [6.45, 7) is 0.409. The summed E-state index contributed by atoms with van der Waals surface area (Å²) in [5, 5.41) is 27.2. The Balaban J connectivity index is 1.03. The lowest BCUT2D eigenvalue weighted by atomic mass is 9.87. The highest BCUT2D eigenvalue weighted by molar-refractivity contribution is 8.14. The van der Waals surface area contributed by atoms with Crippen molar-refractivity contribution in [2.75, 3.05) is 37.8 Å². The molecule has 1 saturated heterocycles. The average molecular weight is 937 g/mol. The van der Waals surface area contributed by atoms with Gasteiger partial charge in [0.1, 0.15) is 36.3 Å². The molecule has 25 nitrogen and oxygen atoms in total. The van der Waals surface area contributed by atoms with Gasteiger partial charge in [0, 0.05) is 47.8 Å². The molecule has 1 aliphatic heterocycles. The minimum atomic E-state index is -5.58. The molecule has 1 fully saturated rings. The number of nitrogens with two attached hydrogens (primary N) is 1. The van der Waals surface area contributed by atoms with Crippen molar-refractivity contribution in [1.82, 2.24) is 35.1 Å². The standard InChI is InChI=1S/C32H43N8O17P3S/c1-32(2,27(44)30(45)35-10-9-22(41)34-11-12-61-23(42)8-7-18-13-36-20-6-4-3-5-19(18)20)15-54-60(51,52)57-59(49,50)53-14-21-26(56-58(46,47)48)25(43)31(55-21)40-17-39-24-28(33)37-16-38-29(24)40/h3-8,13,16-17,21,25-27,31,36,43-44H,9-12,14-15H2,1-2H3,(H,34,41)(H,35,45)(H,49,50)(H,51,52)(H2,33,37,38)(H2,46,47,48)/b8-7+/t21-,25-,26-,27+,31-/m1/s1. The maximum atomic E-state index is 12.7. The Morgan fingerprint density at radius 1 is 1.07 bits per heavy atom. The summed E-state index contributed by atoms with van der Waals surface area (Å²) in [6, 6.07) is 7.63. The Bertz CT molecular complexity index is 2390. The molecule has 0 spiro atoms. The number of aliphatic hydroxyl groups is 2. The minimum absolute atomic E-state index is 0.0276. The van der Waals surface area contributed by atoms with Gasteiger partial charge in [0.15, 0.2) is 17.7 Å². The summed E-state index contributed by atoms with van der Waals surface area (Å²) in [7, 11) is -16.4. The molecule has 0 saturated carbocycles. The van der Waals surface area contributed by atoms with Crippen molar-refractivity contribution < 1.29 is 80.5 Å². The van der Waals surface area contributed by atoms with Crippen LogP contribution in [0.5, 0.6) is 0 Å². The first kappa shape index (κ1) is 48.1. The molecule has 61 heavy (non-hydrogen) atoms. The molecule has 1 aliphatic rings. The third kappa shape index (κ3) is 13.3. The number of ether oxygens (including phenoxy) is 1. The Kier molecular flexibility index (Phi) is 15.8. The van der Waals surface area contributed by atoms with Gasteiger partial charge < -0.3 is 55.9 Å². The number of para-hydroxylation sites is 1. The number of aliphatic hydroxyl groups excluding tert-OH is 2.